The molecule has 0 fully saturated rings. The minimum Gasteiger partial charge on any atom is -0.465 e. The lowest BCUT2D eigenvalue weighted by molar-refractivity contribution is 0.127. The highest BCUT2D eigenvalue weighted by atomic mass is 35.5. The van der Waals surface area contributed by atoms with Crippen LogP contribution in [0.2, 0.25) is 5.02 Å². The summed E-state index contributed by atoms with van der Waals surface area (Å²) in [6, 6.07) is 11.1. The topological polar surface area (TPSA) is 75.0 Å². The van der Waals surface area contributed by atoms with Crippen LogP contribution in [0.15, 0.2) is 41.6 Å². The van der Waals surface area contributed by atoms with Gasteiger partial charge in [-0.05, 0) is 49.2 Å². The molecule has 0 atom stereocenters. The van der Waals surface area contributed by atoms with Crippen molar-refractivity contribution in [1.82, 2.24) is 9.88 Å². The molecule has 1 heterocycles. The smallest absolute Gasteiger partial charge is 0.407 e. The van der Waals surface area contributed by atoms with Crippen LogP contribution in [0.1, 0.15) is 29.4 Å². The molecule has 1 N–H and O–H groups in total. The van der Waals surface area contributed by atoms with E-state index >= 15 is 0 Å². The van der Waals surface area contributed by atoms with E-state index in [0.717, 1.165) is 21.9 Å². The predicted octanol–water partition coefficient (Wildman–Crippen LogP) is 4.09. The molecule has 132 valence electrons. The third-order valence-electron chi connectivity index (χ3n) is 3.56. The molecule has 1 aromatic carbocycles. The Morgan fingerprint density at radius 2 is 2.12 bits per heavy atom. The molecule has 0 aliphatic heterocycles. The number of pyridine rings is 1. The number of benzene rings is 1. The Morgan fingerprint density at radius 3 is 2.80 bits per heavy atom. The van der Waals surface area contributed by atoms with Gasteiger partial charge in [0.05, 0.1) is 18.0 Å². The van der Waals surface area contributed by atoms with Gasteiger partial charge < -0.3 is 14.8 Å². The summed E-state index contributed by atoms with van der Waals surface area (Å²) in [7, 11) is 1.49. The molecule has 2 aromatic rings. The monoisotopic (exact) mass is 361 g/mol. The molecule has 1 amide bonds. The molecular formula is C18H20ClN3O3. The van der Waals surface area contributed by atoms with E-state index in [0.29, 0.717) is 16.3 Å². The normalized spacial score (nSPS) is 11.3. The fourth-order valence-corrected chi connectivity index (χ4v) is 2.35. The number of carboxylic acid groups (broad SMARTS) is 1. The molecule has 0 spiro atoms. The molecule has 0 aliphatic rings. The van der Waals surface area contributed by atoms with E-state index in [9.17, 15) is 4.79 Å². The Hall–Kier alpha value is -2.60. The number of hydrogen-bond donors (Lipinski definition) is 1. The molecule has 25 heavy (non-hydrogen) atoms. The number of carbonyl (C=O) groups is 1. The van der Waals surface area contributed by atoms with E-state index in [1.165, 1.54) is 7.05 Å². The van der Waals surface area contributed by atoms with Gasteiger partial charge in [0.25, 0.3) is 0 Å². The van der Waals surface area contributed by atoms with E-state index in [-0.39, 0.29) is 13.2 Å². The molecule has 7 heteroatoms. The number of hydrogen-bond acceptors (Lipinski definition) is 4. The molecule has 1 aromatic heterocycles. The van der Waals surface area contributed by atoms with Crippen molar-refractivity contribution in [1.29, 1.82) is 0 Å². The average Bonchev–Trinajstić information content (AvgIpc) is 2.56. The van der Waals surface area contributed by atoms with E-state index < -0.39 is 6.09 Å². The summed E-state index contributed by atoms with van der Waals surface area (Å²) in [5.41, 5.74) is 3.92. The summed E-state index contributed by atoms with van der Waals surface area (Å²) in [5.74, 6) is 0. The first kappa shape index (κ1) is 18.7. The first-order chi connectivity index (χ1) is 11.9. The summed E-state index contributed by atoms with van der Waals surface area (Å²) < 4.78 is 0. The van der Waals surface area contributed by atoms with Gasteiger partial charge in [0.15, 0.2) is 6.61 Å². The zero-order valence-electron chi connectivity index (χ0n) is 14.4. The number of amides is 1. The van der Waals surface area contributed by atoms with Gasteiger partial charge in [-0.1, -0.05) is 28.9 Å². The summed E-state index contributed by atoms with van der Waals surface area (Å²) in [5, 5.41) is 13.6. The highest BCUT2D eigenvalue weighted by Crippen LogP contribution is 2.20. The van der Waals surface area contributed by atoms with E-state index in [2.05, 4.69) is 10.1 Å². The minimum absolute atomic E-state index is 0.198. The fraction of sp³-hybridized carbons (Fsp3) is 0.278. The van der Waals surface area contributed by atoms with Crippen molar-refractivity contribution in [2.45, 2.75) is 27.0 Å². The SMILES string of the molecule is C/C(=N/OCc1cccc(C)n1)c1ccc(Cl)c(CN(C)C(=O)O)c1. The molecule has 0 saturated carbocycles. The van der Waals surface area contributed by atoms with Gasteiger partial charge in [-0.2, -0.15) is 0 Å². The molecule has 0 saturated heterocycles. The van der Waals surface area contributed by atoms with Gasteiger partial charge in [-0.15, -0.1) is 0 Å². The second-order valence-corrected chi connectivity index (χ2v) is 6.07. The van der Waals surface area contributed by atoms with Gasteiger partial charge in [-0.25, -0.2) is 4.79 Å². The maximum Gasteiger partial charge on any atom is 0.407 e. The zero-order chi connectivity index (χ0) is 18.4. The van der Waals surface area contributed by atoms with Crippen LogP contribution in [-0.4, -0.2) is 33.8 Å². The molecule has 0 radical (unpaired) electrons. The second kappa shape index (κ2) is 8.48. The zero-order valence-corrected chi connectivity index (χ0v) is 15.1. The van der Waals surface area contributed by atoms with Gasteiger partial charge >= 0.3 is 6.09 Å². The largest absolute Gasteiger partial charge is 0.465 e. The molecule has 0 aliphatic carbocycles. The predicted molar refractivity (Wildman–Crippen MR) is 96.9 cm³/mol. The second-order valence-electron chi connectivity index (χ2n) is 5.67. The van der Waals surface area contributed by atoms with Gasteiger partial charge in [0.1, 0.15) is 0 Å². The highest BCUT2D eigenvalue weighted by Gasteiger charge is 2.11. The van der Waals surface area contributed by atoms with Crippen LogP contribution in [0.3, 0.4) is 0 Å². The number of rotatable bonds is 6. The Labute approximate surface area is 151 Å². The lowest BCUT2D eigenvalue weighted by Crippen LogP contribution is -2.24. The third-order valence-corrected chi connectivity index (χ3v) is 3.93. The van der Waals surface area contributed by atoms with Crippen LogP contribution in [0.25, 0.3) is 0 Å². The van der Waals surface area contributed by atoms with Gasteiger partial charge in [0, 0.05) is 17.8 Å². The fourth-order valence-electron chi connectivity index (χ4n) is 2.17. The standard InChI is InChI=1S/C18H20ClN3O3/c1-12-5-4-6-16(20-12)11-25-21-13(2)14-7-8-17(19)15(9-14)10-22(3)18(23)24/h4-9H,10-11H2,1-3H3,(H,23,24)/b21-13-. The van der Waals surface area contributed by atoms with Crippen molar-refractivity contribution in [3.63, 3.8) is 0 Å². The molecule has 6 nitrogen and oxygen atoms in total. The Bertz CT molecular complexity index is 793. The first-order valence-electron chi connectivity index (χ1n) is 7.68. The van der Waals surface area contributed by atoms with Crippen LogP contribution < -0.4 is 0 Å². The Kier molecular flexibility index (Phi) is 6.36. The highest BCUT2D eigenvalue weighted by molar-refractivity contribution is 6.31. The number of oxime groups is 1. The van der Waals surface area contributed by atoms with E-state index in [4.69, 9.17) is 21.5 Å². The van der Waals surface area contributed by atoms with Crippen molar-refractivity contribution >= 4 is 23.4 Å². The Balaban J connectivity index is 2.07. The van der Waals surface area contributed by atoms with Crippen molar-refractivity contribution in [3.8, 4) is 0 Å². The quantitative estimate of drug-likeness (QED) is 0.621. The van der Waals surface area contributed by atoms with Crippen molar-refractivity contribution in [3.05, 3.63) is 63.9 Å². The molecule has 2 rings (SSSR count). The maximum absolute atomic E-state index is 11.0. The summed E-state index contributed by atoms with van der Waals surface area (Å²) in [6.45, 7) is 4.21. The van der Waals surface area contributed by atoms with E-state index in [1.54, 1.807) is 6.07 Å². The Morgan fingerprint density at radius 1 is 1.36 bits per heavy atom. The maximum atomic E-state index is 11.0. The van der Waals surface area contributed by atoms with Gasteiger partial charge in [0.2, 0.25) is 0 Å². The van der Waals surface area contributed by atoms with Crippen molar-refractivity contribution < 1.29 is 14.7 Å². The van der Waals surface area contributed by atoms with Crippen molar-refractivity contribution in [2.24, 2.45) is 5.16 Å². The lowest BCUT2D eigenvalue weighted by Gasteiger charge is -2.15. The van der Waals surface area contributed by atoms with Gasteiger partial charge in [-0.3, -0.25) is 4.98 Å². The molecule has 0 unspecified atom stereocenters. The summed E-state index contributed by atoms with van der Waals surface area (Å²) in [6.07, 6.45) is -1.01. The van der Waals surface area contributed by atoms with E-state index in [1.807, 2.05) is 44.2 Å². The van der Waals surface area contributed by atoms with Crippen LogP contribution in [0, 0.1) is 6.92 Å². The van der Waals surface area contributed by atoms with Crippen LogP contribution in [-0.2, 0) is 18.0 Å². The number of aryl methyl sites for hydroxylation is 1. The van der Waals surface area contributed by atoms with Crippen LogP contribution in [0.4, 0.5) is 4.79 Å². The summed E-state index contributed by atoms with van der Waals surface area (Å²) >= 11 is 6.15. The summed E-state index contributed by atoms with van der Waals surface area (Å²) in [4.78, 5) is 21.8. The van der Waals surface area contributed by atoms with Crippen LogP contribution >= 0.6 is 11.6 Å². The average molecular weight is 362 g/mol. The molecular weight excluding hydrogens is 342 g/mol. The molecule has 0 bridgehead atoms. The number of halogens is 1. The first-order valence-corrected chi connectivity index (χ1v) is 8.06. The minimum atomic E-state index is -1.01. The number of aromatic nitrogens is 1. The third kappa shape index (κ3) is 5.46. The number of nitrogens with zero attached hydrogens (tertiary/aromatic N) is 3. The van der Waals surface area contributed by atoms with Crippen LogP contribution in [0.5, 0.6) is 0 Å². The lowest BCUT2D eigenvalue weighted by atomic mass is 10.1. The van der Waals surface area contributed by atoms with Crippen molar-refractivity contribution in [2.75, 3.05) is 7.05 Å².